The lowest BCUT2D eigenvalue weighted by Gasteiger charge is -2.29. The van der Waals surface area contributed by atoms with Gasteiger partial charge in [0.1, 0.15) is 24.4 Å². The lowest BCUT2D eigenvalue weighted by atomic mass is 9.24. The smallest absolute Gasteiger partial charge is 0.456 e. The zero-order valence-corrected chi connectivity index (χ0v) is 18.4. The van der Waals surface area contributed by atoms with Gasteiger partial charge in [0.25, 0.3) is 0 Å². The molecule has 3 heterocycles. The van der Waals surface area contributed by atoms with Crippen molar-refractivity contribution in [2.24, 2.45) is 0 Å². The van der Waals surface area contributed by atoms with Gasteiger partial charge >= 0.3 is 6.85 Å². The summed E-state index contributed by atoms with van der Waals surface area (Å²) in [7, 11) is 2.05. The SMILES string of the molecule is [2H]C([2H])([2H])c1cc2c(oc3ccccc32)c(C([2H])([2H])[2H])c1B1c2cccc(C)c2B2c3c(cccc31)C=[N+]2C. The van der Waals surface area contributed by atoms with Gasteiger partial charge in [0.15, 0.2) is 0 Å². The van der Waals surface area contributed by atoms with Crippen LogP contribution in [0.3, 0.4) is 0 Å². The molecule has 0 N–H and O–H groups in total. The summed E-state index contributed by atoms with van der Waals surface area (Å²) in [5.41, 5.74) is 7.30. The van der Waals surface area contributed by atoms with Crippen molar-refractivity contribution in [1.29, 1.82) is 0 Å². The molecule has 0 unspecified atom stereocenters. The Morgan fingerprint density at radius 3 is 2.48 bits per heavy atom. The summed E-state index contributed by atoms with van der Waals surface area (Å²) in [5.74, 6) is 0. The summed E-state index contributed by atoms with van der Waals surface area (Å²) in [6, 6.07) is 21.0. The van der Waals surface area contributed by atoms with Gasteiger partial charge in [-0.3, -0.25) is 0 Å². The van der Waals surface area contributed by atoms with Crippen LogP contribution in [0.2, 0.25) is 0 Å². The molecular weight excluding hydrogens is 400 g/mol. The highest BCUT2D eigenvalue weighted by Crippen LogP contribution is 2.31. The first-order chi connectivity index (χ1) is 18.5. The Morgan fingerprint density at radius 2 is 1.64 bits per heavy atom. The summed E-state index contributed by atoms with van der Waals surface area (Å²) in [5, 5.41) is 1.21. The Hall–Kier alpha value is -3.52. The largest absolute Gasteiger partial charge is 0.553 e. The Bertz CT molecular complexity index is 1890. The number of para-hydroxylation sites is 1. The number of hydrogen-bond acceptors (Lipinski definition) is 1. The van der Waals surface area contributed by atoms with E-state index < -0.39 is 20.4 Å². The van der Waals surface area contributed by atoms with Crippen LogP contribution in [0, 0.1) is 20.6 Å². The van der Waals surface area contributed by atoms with Gasteiger partial charge in [0.2, 0.25) is 6.71 Å². The topological polar surface area (TPSA) is 16.1 Å². The number of rotatable bonds is 1. The van der Waals surface area contributed by atoms with Crippen molar-refractivity contribution >= 4 is 69.0 Å². The number of fused-ring (bicyclic) bond motifs is 5. The molecule has 0 fully saturated rings. The van der Waals surface area contributed by atoms with Gasteiger partial charge in [0, 0.05) is 35.5 Å². The predicted octanol–water partition coefficient (Wildman–Crippen LogP) is 2.52. The summed E-state index contributed by atoms with van der Waals surface area (Å²) in [4.78, 5) is 0. The second-order valence-corrected chi connectivity index (χ2v) is 9.25. The molecule has 2 aliphatic rings. The quantitative estimate of drug-likeness (QED) is 0.374. The Labute approximate surface area is 203 Å². The minimum absolute atomic E-state index is 0.0221. The molecule has 0 aliphatic carbocycles. The van der Waals surface area contributed by atoms with Crippen LogP contribution >= 0.6 is 0 Å². The molecule has 1 aromatic heterocycles. The van der Waals surface area contributed by atoms with E-state index in [0.29, 0.717) is 21.8 Å². The first-order valence-electron chi connectivity index (χ1n) is 14.2. The van der Waals surface area contributed by atoms with Gasteiger partial charge in [-0.1, -0.05) is 70.5 Å². The molecule has 0 amide bonds. The van der Waals surface area contributed by atoms with Gasteiger partial charge in [-0.05, 0) is 50.0 Å². The molecule has 0 saturated carbocycles. The molecular formula is C29H24B2NO+. The number of furan rings is 1. The van der Waals surface area contributed by atoms with Crippen molar-refractivity contribution in [3.63, 3.8) is 0 Å². The fraction of sp³-hybridized carbons (Fsp3) is 0.138. The number of nitrogens with zero attached hydrogens (tertiary/aromatic N) is 1. The van der Waals surface area contributed by atoms with Gasteiger partial charge in [0.05, 0.1) is 0 Å². The van der Waals surface area contributed by atoms with Crippen molar-refractivity contribution in [3.8, 4) is 0 Å². The third-order valence-corrected chi connectivity index (χ3v) is 7.45. The van der Waals surface area contributed by atoms with Crippen molar-refractivity contribution in [1.82, 2.24) is 0 Å². The van der Waals surface area contributed by atoms with Crippen molar-refractivity contribution in [2.45, 2.75) is 20.6 Å². The van der Waals surface area contributed by atoms with Crippen molar-refractivity contribution < 1.29 is 17.1 Å². The first-order valence-corrected chi connectivity index (χ1v) is 11.2. The molecule has 2 nitrogen and oxygen atoms in total. The van der Waals surface area contributed by atoms with E-state index in [1.807, 2.05) is 49.5 Å². The Balaban J connectivity index is 1.69. The summed E-state index contributed by atoms with van der Waals surface area (Å²) >= 11 is 0. The molecule has 0 bridgehead atoms. The summed E-state index contributed by atoms with van der Waals surface area (Å²) in [6.07, 6.45) is 2.11. The number of aryl methyl sites for hydroxylation is 3. The highest BCUT2D eigenvalue weighted by molar-refractivity contribution is 7.07. The third-order valence-electron chi connectivity index (χ3n) is 7.45. The van der Waals surface area contributed by atoms with E-state index in [9.17, 15) is 0 Å². The fourth-order valence-electron chi connectivity index (χ4n) is 6.11. The highest BCUT2D eigenvalue weighted by Gasteiger charge is 2.50. The van der Waals surface area contributed by atoms with Crippen LogP contribution in [0.25, 0.3) is 21.9 Å². The van der Waals surface area contributed by atoms with Crippen LogP contribution in [0.15, 0.2) is 71.1 Å². The molecule has 0 radical (unpaired) electrons. The Morgan fingerprint density at radius 1 is 0.818 bits per heavy atom. The zero-order chi connectivity index (χ0) is 27.4. The van der Waals surface area contributed by atoms with Crippen molar-refractivity contribution in [3.05, 3.63) is 89.0 Å². The van der Waals surface area contributed by atoms with Crippen molar-refractivity contribution in [2.75, 3.05) is 7.05 Å². The van der Waals surface area contributed by atoms with E-state index in [4.69, 9.17) is 12.6 Å². The fourth-order valence-corrected chi connectivity index (χ4v) is 6.11. The average Bonchev–Trinajstić information content (AvgIpc) is 3.40. The molecule has 7 rings (SSSR count). The molecule has 5 aromatic rings. The molecule has 4 aromatic carbocycles. The van der Waals surface area contributed by atoms with E-state index in [1.165, 1.54) is 0 Å². The van der Waals surface area contributed by atoms with Crippen LogP contribution in [0.4, 0.5) is 0 Å². The van der Waals surface area contributed by atoms with Crippen LogP contribution in [-0.2, 0) is 0 Å². The lowest BCUT2D eigenvalue weighted by molar-refractivity contribution is -0.338. The van der Waals surface area contributed by atoms with Gasteiger partial charge < -0.3 is 8.90 Å². The van der Waals surface area contributed by atoms with E-state index >= 15 is 0 Å². The second-order valence-electron chi connectivity index (χ2n) is 9.25. The normalized spacial score (nSPS) is 17.6. The molecule has 0 saturated heterocycles. The average molecular weight is 430 g/mol. The van der Waals surface area contributed by atoms with E-state index in [0.717, 1.165) is 33.0 Å². The predicted molar refractivity (Wildman–Crippen MR) is 142 cm³/mol. The van der Waals surface area contributed by atoms with Gasteiger partial charge in [-0.25, -0.2) is 0 Å². The summed E-state index contributed by atoms with van der Waals surface area (Å²) in [6.45, 7) is -3.72. The van der Waals surface area contributed by atoms with Crippen LogP contribution in [-0.4, -0.2) is 31.3 Å². The molecule has 4 heteroatoms. The van der Waals surface area contributed by atoms with Crippen LogP contribution in [0.1, 0.15) is 30.5 Å². The standard InChI is InChI=1S/C29H24B2NO/c1-17-9-7-12-23-27(17)31-28-20(16-32(31)4)10-8-13-24(28)30(23)26-18(2)15-22-21-11-5-6-14-25(21)33-29(22)19(26)3/h5-16H,1-4H3/q+1/i2D3,3D3. The zero-order valence-electron chi connectivity index (χ0n) is 24.4. The summed E-state index contributed by atoms with van der Waals surface area (Å²) < 4.78 is 60.3. The Kier molecular flexibility index (Phi) is 2.74. The first kappa shape index (κ1) is 13.9. The minimum Gasteiger partial charge on any atom is -0.456 e. The molecule has 2 aliphatic heterocycles. The van der Waals surface area contributed by atoms with E-state index in [2.05, 4.69) is 29.8 Å². The maximum Gasteiger partial charge on any atom is 0.553 e. The molecule has 0 spiro atoms. The third kappa shape index (κ3) is 2.39. The molecule has 0 atom stereocenters. The monoisotopic (exact) mass is 430 g/mol. The number of benzene rings is 4. The van der Waals surface area contributed by atoms with E-state index in [-0.39, 0.29) is 23.6 Å². The maximum absolute atomic E-state index is 8.70. The van der Waals surface area contributed by atoms with Gasteiger partial charge in [-0.2, -0.15) is 0 Å². The van der Waals surface area contributed by atoms with Crippen LogP contribution < -0.4 is 27.3 Å². The van der Waals surface area contributed by atoms with Gasteiger partial charge in [-0.15, -0.1) is 0 Å². The van der Waals surface area contributed by atoms with Crippen LogP contribution in [0.5, 0.6) is 0 Å². The minimum atomic E-state index is -2.62. The number of hydrogen-bond donors (Lipinski definition) is 0. The maximum atomic E-state index is 8.70. The molecule has 156 valence electrons. The highest BCUT2D eigenvalue weighted by atomic mass is 16.3. The lowest BCUT2D eigenvalue weighted by Crippen LogP contribution is -2.74. The second kappa shape index (κ2) is 6.51. The molecule has 33 heavy (non-hydrogen) atoms. The van der Waals surface area contributed by atoms with E-state index in [1.54, 1.807) is 12.1 Å².